The van der Waals surface area contributed by atoms with E-state index in [1.165, 1.54) is 17.3 Å². The van der Waals surface area contributed by atoms with Gasteiger partial charge in [-0.2, -0.15) is 5.26 Å². The van der Waals surface area contributed by atoms with E-state index in [4.69, 9.17) is 10.4 Å². The largest absolute Gasteiger partial charge is 0.481 e. The third-order valence-corrected chi connectivity index (χ3v) is 6.87. The lowest BCUT2D eigenvalue weighted by atomic mass is 9.94. The first-order valence-electron chi connectivity index (χ1n) is 11.7. The Hall–Kier alpha value is -3.85. The van der Waals surface area contributed by atoms with Crippen LogP contribution in [0.15, 0.2) is 60.2 Å². The van der Waals surface area contributed by atoms with Crippen LogP contribution in [0, 0.1) is 11.3 Å². The van der Waals surface area contributed by atoms with E-state index < -0.39 is 17.9 Å². The number of benzene rings is 2. The van der Waals surface area contributed by atoms with Gasteiger partial charge < -0.3 is 15.1 Å². The molecule has 2 N–H and O–H groups in total. The van der Waals surface area contributed by atoms with Gasteiger partial charge in [0.05, 0.1) is 5.92 Å². The number of anilines is 2. The summed E-state index contributed by atoms with van der Waals surface area (Å²) in [6.07, 6.45) is 9.56. The minimum atomic E-state index is -1.24. The normalized spacial score (nSPS) is 20.1. The zero-order valence-corrected chi connectivity index (χ0v) is 19.1. The van der Waals surface area contributed by atoms with Crippen molar-refractivity contribution in [3.8, 4) is 6.07 Å². The van der Waals surface area contributed by atoms with Gasteiger partial charge in [-0.1, -0.05) is 50.1 Å². The summed E-state index contributed by atoms with van der Waals surface area (Å²) in [5.41, 5.74) is 5.03. The molecule has 4 rings (SSSR count). The fourth-order valence-corrected chi connectivity index (χ4v) is 5.31. The van der Waals surface area contributed by atoms with Crippen molar-refractivity contribution in [3.63, 3.8) is 0 Å². The molecule has 1 aliphatic heterocycles. The molecular formula is C28H28N2O4. The number of allylic oxidation sites excluding steroid dienone is 2. The standard InChI is InChI=1S/C28H28N2O4/c1-2-5-22(28(33)34)19-11-13-21(14-12-19)30-25-9-4-8-23(25)24-16-18(10-15-26(24)30)6-3-7-20(17-29)27(31)32/h3,6-7,10-16,22-23,25H,2,4-5,8-9H2,1H3,(H,31,32)(H,33,34). The fourth-order valence-electron chi connectivity index (χ4n) is 5.31. The Morgan fingerprint density at radius 2 is 1.94 bits per heavy atom. The number of aliphatic carboxylic acids is 2. The summed E-state index contributed by atoms with van der Waals surface area (Å²) in [7, 11) is 0. The Balaban J connectivity index is 1.63. The molecule has 34 heavy (non-hydrogen) atoms. The van der Waals surface area contributed by atoms with Crippen LogP contribution < -0.4 is 4.90 Å². The second kappa shape index (κ2) is 9.96. The van der Waals surface area contributed by atoms with Gasteiger partial charge >= 0.3 is 11.9 Å². The van der Waals surface area contributed by atoms with E-state index in [0.29, 0.717) is 18.4 Å². The number of hydrogen-bond donors (Lipinski definition) is 2. The van der Waals surface area contributed by atoms with Gasteiger partial charge in [-0.15, -0.1) is 0 Å². The van der Waals surface area contributed by atoms with Crippen LogP contribution in [0.1, 0.15) is 67.6 Å². The molecule has 0 radical (unpaired) electrons. The molecule has 0 amide bonds. The van der Waals surface area contributed by atoms with Crippen molar-refractivity contribution in [2.45, 2.75) is 56.9 Å². The van der Waals surface area contributed by atoms with Crippen LogP contribution in [0.3, 0.4) is 0 Å². The molecule has 6 heteroatoms. The van der Waals surface area contributed by atoms with E-state index >= 15 is 0 Å². The van der Waals surface area contributed by atoms with Crippen molar-refractivity contribution < 1.29 is 19.8 Å². The Kier molecular flexibility index (Phi) is 6.83. The number of hydrogen-bond acceptors (Lipinski definition) is 4. The highest BCUT2D eigenvalue weighted by Crippen LogP contribution is 2.52. The first-order valence-corrected chi connectivity index (χ1v) is 11.7. The average Bonchev–Trinajstić information content (AvgIpc) is 3.41. The Bertz CT molecular complexity index is 1190. The Morgan fingerprint density at radius 3 is 2.59 bits per heavy atom. The van der Waals surface area contributed by atoms with Gasteiger partial charge in [0, 0.05) is 23.3 Å². The summed E-state index contributed by atoms with van der Waals surface area (Å²) < 4.78 is 0. The van der Waals surface area contributed by atoms with E-state index in [1.807, 2.05) is 43.3 Å². The summed E-state index contributed by atoms with van der Waals surface area (Å²) in [5.74, 6) is -2.06. The summed E-state index contributed by atoms with van der Waals surface area (Å²) in [5, 5.41) is 27.5. The van der Waals surface area contributed by atoms with Gasteiger partial charge in [0.2, 0.25) is 0 Å². The lowest BCUT2D eigenvalue weighted by Gasteiger charge is -2.27. The molecule has 3 unspecified atom stereocenters. The van der Waals surface area contributed by atoms with E-state index in [2.05, 4.69) is 17.0 Å². The molecule has 1 aliphatic carbocycles. The number of carboxylic acids is 2. The number of fused-ring (bicyclic) bond motifs is 3. The molecule has 1 fully saturated rings. The van der Waals surface area contributed by atoms with Gasteiger partial charge in [-0.3, -0.25) is 4.79 Å². The average molecular weight is 457 g/mol. The molecule has 0 spiro atoms. The van der Waals surface area contributed by atoms with E-state index in [1.54, 1.807) is 12.1 Å². The van der Waals surface area contributed by atoms with Crippen LogP contribution in [-0.2, 0) is 9.59 Å². The molecule has 6 nitrogen and oxygen atoms in total. The van der Waals surface area contributed by atoms with E-state index in [9.17, 15) is 14.7 Å². The van der Waals surface area contributed by atoms with Crippen LogP contribution in [0.4, 0.5) is 11.4 Å². The molecule has 1 saturated carbocycles. The minimum Gasteiger partial charge on any atom is -0.481 e. The number of rotatable bonds is 8. The fraction of sp³-hybridized carbons (Fsp3) is 0.321. The topological polar surface area (TPSA) is 102 Å². The van der Waals surface area contributed by atoms with E-state index in [-0.39, 0.29) is 5.57 Å². The first-order chi connectivity index (χ1) is 16.4. The van der Waals surface area contributed by atoms with Crippen LogP contribution in [0.5, 0.6) is 0 Å². The van der Waals surface area contributed by atoms with Crippen molar-refractivity contribution in [1.82, 2.24) is 0 Å². The van der Waals surface area contributed by atoms with Gasteiger partial charge in [-0.05, 0) is 66.3 Å². The lowest BCUT2D eigenvalue weighted by molar-refractivity contribution is -0.139. The van der Waals surface area contributed by atoms with Gasteiger partial charge in [0.25, 0.3) is 0 Å². The highest BCUT2D eigenvalue weighted by atomic mass is 16.4. The van der Waals surface area contributed by atoms with Crippen LogP contribution in [0.2, 0.25) is 0 Å². The minimum absolute atomic E-state index is 0.299. The number of nitrogens with zero attached hydrogens (tertiary/aromatic N) is 2. The van der Waals surface area contributed by atoms with Gasteiger partial charge in [0.1, 0.15) is 11.6 Å². The number of nitriles is 1. The van der Waals surface area contributed by atoms with Gasteiger partial charge in [-0.25, -0.2) is 4.79 Å². The zero-order chi connectivity index (χ0) is 24.2. The van der Waals surface area contributed by atoms with Crippen LogP contribution >= 0.6 is 0 Å². The number of carboxylic acid groups (broad SMARTS) is 2. The molecule has 174 valence electrons. The maximum Gasteiger partial charge on any atom is 0.346 e. The maximum atomic E-state index is 11.7. The van der Waals surface area contributed by atoms with Crippen molar-refractivity contribution >= 4 is 29.4 Å². The lowest BCUT2D eigenvalue weighted by Crippen LogP contribution is -2.26. The summed E-state index contributed by atoms with van der Waals surface area (Å²) >= 11 is 0. The predicted molar refractivity (Wildman–Crippen MR) is 131 cm³/mol. The Morgan fingerprint density at radius 1 is 1.18 bits per heavy atom. The monoisotopic (exact) mass is 456 g/mol. The second-order valence-electron chi connectivity index (χ2n) is 8.92. The molecule has 0 saturated heterocycles. The molecule has 2 aliphatic rings. The van der Waals surface area contributed by atoms with Crippen LogP contribution in [-0.4, -0.2) is 28.2 Å². The summed E-state index contributed by atoms with van der Waals surface area (Å²) in [6, 6.07) is 16.3. The van der Waals surface area contributed by atoms with E-state index in [0.717, 1.165) is 42.5 Å². The summed E-state index contributed by atoms with van der Waals surface area (Å²) in [6.45, 7) is 2.00. The highest BCUT2D eigenvalue weighted by molar-refractivity contribution is 5.91. The maximum absolute atomic E-state index is 11.7. The third-order valence-electron chi connectivity index (χ3n) is 6.87. The molecule has 2 aromatic carbocycles. The highest BCUT2D eigenvalue weighted by Gasteiger charge is 2.42. The van der Waals surface area contributed by atoms with Gasteiger partial charge in [0.15, 0.2) is 0 Å². The molecule has 0 aromatic heterocycles. The van der Waals surface area contributed by atoms with Crippen molar-refractivity contribution in [3.05, 3.63) is 76.9 Å². The third kappa shape index (κ3) is 4.47. The molecule has 1 heterocycles. The Labute approximate surface area is 199 Å². The van der Waals surface area contributed by atoms with Crippen molar-refractivity contribution in [2.24, 2.45) is 0 Å². The quantitative estimate of drug-likeness (QED) is 0.287. The smallest absolute Gasteiger partial charge is 0.346 e. The summed E-state index contributed by atoms with van der Waals surface area (Å²) in [4.78, 5) is 25.0. The first kappa shape index (κ1) is 23.3. The van der Waals surface area contributed by atoms with Crippen molar-refractivity contribution in [2.75, 3.05) is 4.90 Å². The SMILES string of the molecule is CCCC(C(=O)O)c1ccc(N2c3ccc(C=CC=C(C#N)C(=O)O)cc3C3CCCC32)cc1. The second-order valence-corrected chi connectivity index (χ2v) is 8.92. The molecular weight excluding hydrogens is 428 g/mol. The molecule has 0 bridgehead atoms. The molecule has 3 atom stereocenters. The van der Waals surface area contributed by atoms with Crippen LogP contribution in [0.25, 0.3) is 6.08 Å². The zero-order valence-electron chi connectivity index (χ0n) is 19.1. The molecule has 2 aromatic rings. The predicted octanol–water partition coefficient (Wildman–Crippen LogP) is 5.99. The number of carbonyl (C=O) groups is 2. The van der Waals surface area contributed by atoms with Crippen molar-refractivity contribution in [1.29, 1.82) is 5.26 Å².